The van der Waals surface area contributed by atoms with Crippen molar-refractivity contribution in [1.29, 1.82) is 0 Å². The maximum Gasteiger partial charge on any atom is 0.282 e. The van der Waals surface area contributed by atoms with Gasteiger partial charge in [0.1, 0.15) is 6.10 Å². The van der Waals surface area contributed by atoms with Crippen LogP contribution in [-0.2, 0) is 19.7 Å². The first-order chi connectivity index (χ1) is 14.4. The summed E-state index contributed by atoms with van der Waals surface area (Å²) in [5.74, 6) is -0.136. The van der Waals surface area contributed by atoms with E-state index in [1.165, 1.54) is 13.5 Å². The minimum Gasteiger partial charge on any atom is -0.379 e. The first-order valence-electron chi connectivity index (χ1n) is 9.94. The number of para-hydroxylation sites is 1. The molecule has 1 amide bonds. The Morgan fingerprint density at radius 1 is 1.10 bits per heavy atom. The smallest absolute Gasteiger partial charge is 0.282 e. The van der Waals surface area contributed by atoms with Crippen molar-refractivity contribution >= 4 is 27.0 Å². The Bertz CT molecular complexity index is 1040. The van der Waals surface area contributed by atoms with E-state index in [1.54, 1.807) is 20.2 Å². The zero-order valence-corrected chi connectivity index (χ0v) is 18.0. The molecule has 0 saturated carbocycles. The van der Waals surface area contributed by atoms with Gasteiger partial charge in [0.25, 0.3) is 16.1 Å². The van der Waals surface area contributed by atoms with Gasteiger partial charge in [0.15, 0.2) is 0 Å². The minimum atomic E-state index is -3.60. The van der Waals surface area contributed by atoms with Crippen molar-refractivity contribution in [3.05, 3.63) is 41.6 Å². The molecular formula is C20H26N4O5S. The third-order valence-electron chi connectivity index (χ3n) is 5.35. The SMILES string of the molecule is CN(C)C(=O)c1cc([C@H]2CN(S(=O)(=O)N3CCOCC3)CCO2)nc2ccccc12. The van der Waals surface area contributed by atoms with Crippen LogP contribution in [0.3, 0.4) is 0 Å². The number of fused-ring (bicyclic) bond motifs is 1. The molecule has 0 N–H and O–H groups in total. The van der Waals surface area contributed by atoms with Gasteiger partial charge in [0.05, 0.1) is 36.6 Å². The highest BCUT2D eigenvalue weighted by molar-refractivity contribution is 7.86. The summed E-state index contributed by atoms with van der Waals surface area (Å²) in [7, 11) is -0.206. The number of rotatable bonds is 4. The number of nitrogens with zero attached hydrogens (tertiary/aromatic N) is 4. The number of hydrogen-bond donors (Lipinski definition) is 0. The molecule has 1 aromatic heterocycles. The number of ether oxygens (including phenoxy) is 2. The number of pyridine rings is 1. The third kappa shape index (κ3) is 4.06. The summed E-state index contributed by atoms with van der Waals surface area (Å²) >= 11 is 0. The number of carbonyl (C=O) groups excluding carboxylic acids is 1. The fourth-order valence-corrected chi connectivity index (χ4v) is 5.30. The molecular weight excluding hydrogens is 408 g/mol. The summed E-state index contributed by atoms with van der Waals surface area (Å²) in [5, 5.41) is 0.758. The summed E-state index contributed by atoms with van der Waals surface area (Å²) < 4.78 is 40.2. The zero-order chi connectivity index (χ0) is 21.3. The van der Waals surface area contributed by atoms with Crippen LogP contribution in [0.4, 0.5) is 0 Å². The van der Waals surface area contributed by atoms with Crippen LogP contribution < -0.4 is 0 Å². The fraction of sp³-hybridized carbons (Fsp3) is 0.500. The Hall–Kier alpha value is -2.11. The van der Waals surface area contributed by atoms with Crippen LogP contribution in [0.25, 0.3) is 10.9 Å². The molecule has 4 rings (SSSR count). The summed E-state index contributed by atoms with van der Waals surface area (Å²) in [6.07, 6.45) is -0.548. The van der Waals surface area contributed by atoms with Crippen LogP contribution in [0.5, 0.6) is 0 Å². The number of aromatic nitrogens is 1. The molecule has 1 atom stereocenters. The van der Waals surface area contributed by atoms with Crippen LogP contribution in [0.1, 0.15) is 22.2 Å². The summed E-state index contributed by atoms with van der Waals surface area (Å²) in [4.78, 5) is 19.0. The van der Waals surface area contributed by atoms with Gasteiger partial charge in [0.2, 0.25) is 0 Å². The topological polar surface area (TPSA) is 92.3 Å². The number of carbonyl (C=O) groups is 1. The van der Waals surface area contributed by atoms with Crippen molar-refractivity contribution in [2.75, 3.05) is 60.1 Å². The normalized spacial score (nSPS) is 21.6. The molecule has 1 aromatic carbocycles. The highest BCUT2D eigenvalue weighted by atomic mass is 32.2. The second kappa shape index (κ2) is 8.56. The van der Waals surface area contributed by atoms with E-state index in [1.807, 2.05) is 24.3 Å². The summed E-state index contributed by atoms with van der Waals surface area (Å²) in [6.45, 7) is 2.19. The monoisotopic (exact) mass is 434 g/mol. The predicted molar refractivity (Wildman–Crippen MR) is 111 cm³/mol. The average molecular weight is 435 g/mol. The molecule has 0 spiro atoms. The molecule has 0 radical (unpaired) electrons. The van der Waals surface area contributed by atoms with Crippen molar-refractivity contribution in [1.82, 2.24) is 18.5 Å². The molecule has 2 aromatic rings. The van der Waals surface area contributed by atoms with E-state index in [-0.39, 0.29) is 25.6 Å². The van der Waals surface area contributed by atoms with Gasteiger partial charge in [-0.1, -0.05) is 18.2 Å². The van der Waals surface area contributed by atoms with Gasteiger partial charge < -0.3 is 14.4 Å². The van der Waals surface area contributed by atoms with Gasteiger partial charge in [-0.3, -0.25) is 4.79 Å². The van der Waals surface area contributed by atoms with Gasteiger partial charge in [-0.15, -0.1) is 0 Å². The Morgan fingerprint density at radius 2 is 1.80 bits per heavy atom. The van der Waals surface area contributed by atoms with Crippen molar-refractivity contribution in [2.24, 2.45) is 0 Å². The van der Waals surface area contributed by atoms with Crippen molar-refractivity contribution < 1.29 is 22.7 Å². The van der Waals surface area contributed by atoms with Crippen LogP contribution in [0.15, 0.2) is 30.3 Å². The second-order valence-corrected chi connectivity index (χ2v) is 9.48. The molecule has 0 bridgehead atoms. The first kappa shape index (κ1) is 21.1. The van der Waals surface area contributed by atoms with Crippen molar-refractivity contribution in [3.63, 3.8) is 0 Å². The highest BCUT2D eigenvalue weighted by Gasteiger charge is 2.36. The fourth-order valence-electron chi connectivity index (χ4n) is 3.73. The molecule has 0 aliphatic carbocycles. The molecule has 162 valence electrons. The molecule has 0 unspecified atom stereocenters. The van der Waals surface area contributed by atoms with E-state index in [0.29, 0.717) is 43.1 Å². The van der Waals surface area contributed by atoms with E-state index in [0.717, 1.165) is 5.39 Å². The van der Waals surface area contributed by atoms with Crippen molar-refractivity contribution in [2.45, 2.75) is 6.10 Å². The number of morpholine rings is 2. The average Bonchev–Trinajstić information content (AvgIpc) is 2.78. The standard InChI is InChI=1S/C20H26N4O5S/c1-22(2)20(25)16-13-18(21-17-6-4-3-5-15(16)17)19-14-24(9-12-29-19)30(26,27)23-7-10-28-11-8-23/h3-6,13,19H,7-12,14H2,1-2H3/t19-/m1/s1. The van der Waals surface area contributed by atoms with E-state index in [4.69, 9.17) is 9.47 Å². The Labute approximate surface area is 176 Å². The summed E-state index contributed by atoms with van der Waals surface area (Å²) in [6, 6.07) is 9.15. The number of hydrogen-bond acceptors (Lipinski definition) is 6. The molecule has 2 aliphatic heterocycles. The maximum atomic E-state index is 13.1. The Balaban J connectivity index is 1.66. The molecule has 3 heterocycles. The second-order valence-electron chi connectivity index (χ2n) is 7.55. The minimum absolute atomic E-state index is 0.136. The lowest BCUT2D eigenvalue weighted by molar-refractivity contribution is -0.00831. The van der Waals surface area contributed by atoms with E-state index >= 15 is 0 Å². The predicted octanol–water partition coefficient (Wildman–Crippen LogP) is 0.887. The zero-order valence-electron chi connectivity index (χ0n) is 17.2. The van der Waals surface area contributed by atoms with Crippen LogP contribution in [0.2, 0.25) is 0 Å². The molecule has 30 heavy (non-hydrogen) atoms. The van der Waals surface area contributed by atoms with Crippen LogP contribution in [0, 0.1) is 0 Å². The quantitative estimate of drug-likeness (QED) is 0.710. The van der Waals surface area contributed by atoms with Gasteiger partial charge in [0, 0.05) is 45.7 Å². The van der Waals surface area contributed by atoms with Gasteiger partial charge in [-0.2, -0.15) is 17.0 Å². The van der Waals surface area contributed by atoms with Crippen LogP contribution in [-0.4, -0.2) is 92.9 Å². The molecule has 2 fully saturated rings. The third-order valence-corrected chi connectivity index (χ3v) is 7.36. The molecule has 10 heteroatoms. The largest absolute Gasteiger partial charge is 0.379 e. The van der Waals surface area contributed by atoms with Crippen molar-refractivity contribution in [3.8, 4) is 0 Å². The van der Waals surface area contributed by atoms with Gasteiger partial charge >= 0.3 is 0 Å². The number of benzene rings is 1. The van der Waals surface area contributed by atoms with E-state index in [2.05, 4.69) is 4.98 Å². The van der Waals surface area contributed by atoms with Gasteiger partial charge in [-0.25, -0.2) is 4.98 Å². The Morgan fingerprint density at radius 3 is 2.53 bits per heavy atom. The first-order valence-corrected chi connectivity index (χ1v) is 11.3. The number of amides is 1. The van der Waals surface area contributed by atoms with Gasteiger partial charge in [-0.05, 0) is 12.1 Å². The molecule has 9 nitrogen and oxygen atoms in total. The van der Waals surface area contributed by atoms with Crippen LogP contribution >= 0.6 is 0 Å². The lowest BCUT2D eigenvalue weighted by Gasteiger charge is -2.36. The molecule has 2 saturated heterocycles. The molecule has 2 aliphatic rings. The summed E-state index contributed by atoms with van der Waals surface area (Å²) in [5.41, 5.74) is 1.76. The van der Waals surface area contributed by atoms with E-state index in [9.17, 15) is 13.2 Å². The van der Waals surface area contributed by atoms with E-state index < -0.39 is 16.3 Å². The Kier molecular flexibility index (Phi) is 6.03. The lowest BCUT2D eigenvalue weighted by Crippen LogP contribution is -2.52. The maximum absolute atomic E-state index is 13.1. The lowest BCUT2D eigenvalue weighted by atomic mass is 10.0. The highest BCUT2D eigenvalue weighted by Crippen LogP contribution is 2.28.